The van der Waals surface area contributed by atoms with Crippen LogP contribution in [0.15, 0.2) is 29.4 Å². The molecule has 0 radical (unpaired) electrons. The third-order valence-electron chi connectivity index (χ3n) is 4.22. The Kier molecular flexibility index (Phi) is 4.14. The minimum Gasteiger partial charge on any atom is -0.397 e. The van der Waals surface area contributed by atoms with Crippen molar-refractivity contribution in [3.63, 3.8) is 0 Å². The molecule has 11 heteroatoms. The number of rotatable bonds is 0. The SMILES string of the molecule is Cc1c(S)c(N)c2c(c1S)NC1(Nc3c(S)c(N)c(S)c(N)c3S1)S2. The molecule has 8 N–H and O–H groups in total. The summed E-state index contributed by atoms with van der Waals surface area (Å²) >= 11 is 21.2. The number of hydrogen-bond acceptors (Lipinski definition) is 11. The molecule has 2 aliphatic rings. The van der Waals surface area contributed by atoms with Gasteiger partial charge in [-0.05, 0) is 12.5 Å². The Bertz CT molecular complexity index is 805. The summed E-state index contributed by atoms with van der Waals surface area (Å²) in [6.45, 7) is 1.94. The van der Waals surface area contributed by atoms with E-state index in [0.29, 0.717) is 26.9 Å². The molecule has 2 aliphatic heterocycles. The van der Waals surface area contributed by atoms with E-state index in [0.717, 1.165) is 36.5 Å². The number of anilines is 5. The molecule has 2 heterocycles. The molecule has 4 rings (SSSR count). The van der Waals surface area contributed by atoms with E-state index in [1.165, 1.54) is 0 Å². The van der Waals surface area contributed by atoms with Gasteiger partial charge in [0.05, 0.1) is 48.0 Å². The standard InChI is InChI=1S/C14H15N5S6/c1-2-8(20)4(16)12-6(9(2)21)18-14(24-12)19-7-11(23)3(15)10(22)5(17)13(7)25-14/h18-23H,15-17H2,1H3. The van der Waals surface area contributed by atoms with Crippen LogP contribution < -0.4 is 27.8 Å². The van der Waals surface area contributed by atoms with Crippen LogP contribution in [0.2, 0.25) is 0 Å². The fourth-order valence-electron chi connectivity index (χ4n) is 2.81. The highest BCUT2D eigenvalue weighted by atomic mass is 32.2. The molecule has 0 fully saturated rings. The molecule has 0 saturated carbocycles. The lowest BCUT2D eigenvalue weighted by molar-refractivity contribution is 1.06. The number of nitrogens with one attached hydrogen (secondary N) is 2. The van der Waals surface area contributed by atoms with Crippen LogP contribution in [-0.4, -0.2) is 4.33 Å². The molecule has 0 amide bonds. The van der Waals surface area contributed by atoms with Gasteiger partial charge >= 0.3 is 0 Å². The quantitative estimate of drug-likeness (QED) is 0.221. The Hall–Kier alpha value is -0.460. The molecule has 0 bridgehead atoms. The minimum absolute atomic E-state index is 0.455. The second-order valence-corrected chi connectivity index (χ2v) is 10.2. The summed E-state index contributed by atoms with van der Waals surface area (Å²) in [6, 6.07) is 0. The molecule has 5 nitrogen and oxygen atoms in total. The first-order valence-corrected chi connectivity index (χ1v) is 10.5. The van der Waals surface area contributed by atoms with Crippen LogP contribution in [0, 0.1) is 6.92 Å². The second-order valence-electron chi connectivity index (χ2n) is 5.74. The number of fused-ring (bicyclic) bond motifs is 2. The topological polar surface area (TPSA) is 102 Å². The molecule has 1 unspecified atom stereocenters. The van der Waals surface area contributed by atoms with Crippen LogP contribution in [-0.2, 0) is 0 Å². The summed E-state index contributed by atoms with van der Waals surface area (Å²) in [4.78, 5) is 4.50. The van der Waals surface area contributed by atoms with Crippen LogP contribution in [0.3, 0.4) is 0 Å². The first-order chi connectivity index (χ1) is 11.7. The Morgan fingerprint density at radius 2 is 1.20 bits per heavy atom. The number of thiol groups is 4. The fraction of sp³-hybridized carbons (Fsp3) is 0.143. The van der Waals surface area contributed by atoms with Crippen molar-refractivity contribution in [3.05, 3.63) is 5.56 Å². The highest BCUT2D eigenvalue weighted by Crippen LogP contribution is 2.64. The highest BCUT2D eigenvalue weighted by molar-refractivity contribution is 8.19. The van der Waals surface area contributed by atoms with Gasteiger partial charge in [-0.3, -0.25) is 0 Å². The molecule has 2 aromatic rings. The lowest BCUT2D eigenvalue weighted by atomic mass is 10.2. The first-order valence-electron chi connectivity index (χ1n) is 7.08. The number of benzene rings is 2. The summed E-state index contributed by atoms with van der Waals surface area (Å²) < 4.78 is -0.607. The smallest absolute Gasteiger partial charge is 0.216 e. The maximum atomic E-state index is 6.29. The largest absolute Gasteiger partial charge is 0.397 e. The van der Waals surface area contributed by atoms with Crippen LogP contribution in [0.4, 0.5) is 28.4 Å². The maximum Gasteiger partial charge on any atom is 0.216 e. The number of hydrogen-bond donors (Lipinski definition) is 9. The van der Waals surface area contributed by atoms with Gasteiger partial charge in [-0.15, -0.1) is 50.5 Å². The number of nitrogens with two attached hydrogens (primary N) is 3. The number of thioether (sulfide) groups is 2. The van der Waals surface area contributed by atoms with Gasteiger partial charge in [0.15, 0.2) is 0 Å². The molecule has 0 saturated heterocycles. The summed E-state index contributed by atoms with van der Waals surface area (Å²) in [5.74, 6) is 0. The van der Waals surface area contributed by atoms with Crippen molar-refractivity contribution in [2.24, 2.45) is 0 Å². The molecule has 1 atom stereocenters. The van der Waals surface area contributed by atoms with Gasteiger partial charge in [-0.25, -0.2) is 0 Å². The molecule has 1 spiro atoms. The van der Waals surface area contributed by atoms with E-state index in [4.69, 9.17) is 17.2 Å². The van der Waals surface area contributed by atoms with Crippen molar-refractivity contribution in [2.75, 3.05) is 27.8 Å². The Labute approximate surface area is 175 Å². The van der Waals surface area contributed by atoms with E-state index in [1.54, 1.807) is 23.5 Å². The average molecular weight is 446 g/mol. The summed E-state index contributed by atoms with van der Waals surface area (Å²) in [5, 5.41) is 6.95. The summed E-state index contributed by atoms with van der Waals surface area (Å²) in [5.41, 5.74) is 22.8. The predicted octanol–water partition coefficient (Wildman–Crippen LogP) is 4.24. The summed E-state index contributed by atoms with van der Waals surface area (Å²) in [7, 11) is 0. The lowest BCUT2D eigenvalue weighted by Crippen LogP contribution is -2.32. The molecule has 2 aromatic carbocycles. The van der Waals surface area contributed by atoms with Gasteiger partial charge in [0.1, 0.15) is 0 Å². The molecule has 0 aromatic heterocycles. The van der Waals surface area contributed by atoms with Gasteiger partial charge < -0.3 is 27.8 Å². The second kappa shape index (κ2) is 5.77. The van der Waals surface area contributed by atoms with Crippen LogP contribution in [0.1, 0.15) is 5.56 Å². The Morgan fingerprint density at radius 3 is 1.76 bits per heavy atom. The van der Waals surface area contributed by atoms with E-state index < -0.39 is 4.33 Å². The predicted molar refractivity (Wildman–Crippen MR) is 122 cm³/mol. The van der Waals surface area contributed by atoms with Crippen molar-refractivity contribution >= 4 is 102 Å². The third kappa shape index (κ3) is 2.39. The zero-order valence-corrected chi connectivity index (χ0v) is 18.0. The molecular weight excluding hydrogens is 431 g/mol. The molecule has 25 heavy (non-hydrogen) atoms. The van der Waals surface area contributed by atoms with E-state index in [9.17, 15) is 0 Å². The minimum atomic E-state index is -0.607. The fourth-order valence-corrected chi connectivity index (χ4v) is 7.08. The van der Waals surface area contributed by atoms with E-state index in [1.807, 2.05) is 6.92 Å². The zero-order valence-electron chi connectivity index (χ0n) is 12.8. The first kappa shape index (κ1) is 17.9. The normalized spacial score (nSPS) is 20.4. The maximum absolute atomic E-state index is 6.29. The lowest BCUT2D eigenvalue weighted by Gasteiger charge is -2.23. The van der Waals surface area contributed by atoms with Gasteiger partial charge in [0, 0.05) is 9.79 Å². The van der Waals surface area contributed by atoms with E-state index in [-0.39, 0.29) is 0 Å². The molecular formula is C14H15N5S6. The van der Waals surface area contributed by atoms with Crippen LogP contribution >= 0.6 is 74.0 Å². The van der Waals surface area contributed by atoms with Gasteiger partial charge in [0.2, 0.25) is 4.33 Å². The van der Waals surface area contributed by atoms with Crippen molar-refractivity contribution < 1.29 is 0 Å². The van der Waals surface area contributed by atoms with Gasteiger partial charge in [0.25, 0.3) is 0 Å². The zero-order chi connectivity index (χ0) is 18.3. The molecule has 132 valence electrons. The number of nitrogen functional groups attached to an aromatic ring is 3. The van der Waals surface area contributed by atoms with Gasteiger partial charge in [-0.2, -0.15) is 0 Å². The highest BCUT2D eigenvalue weighted by Gasteiger charge is 2.48. The Balaban J connectivity index is 1.83. The van der Waals surface area contributed by atoms with Crippen molar-refractivity contribution in [2.45, 2.75) is 40.6 Å². The third-order valence-corrected chi connectivity index (χ3v) is 9.04. The molecule has 0 aliphatic carbocycles. The average Bonchev–Trinajstić information content (AvgIpc) is 3.16. The van der Waals surface area contributed by atoms with Crippen molar-refractivity contribution in [1.29, 1.82) is 0 Å². The van der Waals surface area contributed by atoms with Crippen molar-refractivity contribution in [1.82, 2.24) is 0 Å². The monoisotopic (exact) mass is 445 g/mol. The van der Waals surface area contributed by atoms with E-state index in [2.05, 4.69) is 61.1 Å². The van der Waals surface area contributed by atoms with E-state index >= 15 is 0 Å². The van der Waals surface area contributed by atoms with Crippen LogP contribution in [0.25, 0.3) is 0 Å². The van der Waals surface area contributed by atoms with Crippen LogP contribution in [0.5, 0.6) is 0 Å². The Morgan fingerprint density at radius 1 is 0.720 bits per heavy atom. The van der Waals surface area contributed by atoms with Gasteiger partial charge in [-0.1, -0.05) is 23.5 Å². The van der Waals surface area contributed by atoms with Crippen molar-refractivity contribution in [3.8, 4) is 0 Å². The summed E-state index contributed by atoms with van der Waals surface area (Å²) in [6.07, 6.45) is 0.